The highest BCUT2D eigenvalue weighted by atomic mass is 35.5. The van der Waals surface area contributed by atoms with Crippen LogP contribution in [-0.2, 0) is 4.74 Å². The molecule has 2 N–H and O–H groups in total. The van der Waals surface area contributed by atoms with Crippen LogP contribution in [0.4, 0.5) is 14.5 Å². The van der Waals surface area contributed by atoms with E-state index in [-0.39, 0.29) is 47.2 Å². The standard InChI is InChI=1S/C19H19F2N3O4.ClH/c20-12-5-10-16(24(9-1-2-9)6-11(18(10)25)19(26)27)15(21)17(12)23-7-13-14(8-23)28-4-3-22-13;/h5-6,9,13-14,22H,1-4,7-8H2,(H,26,27);1H. The highest BCUT2D eigenvalue weighted by molar-refractivity contribution is 5.94. The van der Waals surface area contributed by atoms with E-state index < -0.39 is 28.6 Å². The van der Waals surface area contributed by atoms with Crippen LogP contribution >= 0.6 is 12.4 Å². The van der Waals surface area contributed by atoms with Gasteiger partial charge in [-0.1, -0.05) is 0 Å². The van der Waals surface area contributed by atoms with Crippen molar-refractivity contribution in [1.29, 1.82) is 0 Å². The SMILES string of the molecule is Cl.O=C(O)c1cn(C2CC2)c2c(F)c(N3CC4NCCOC4C3)c(F)cc2c1=O. The summed E-state index contributed by atoms with van der Waals surface area (Å²) < 4.78 is 37.7. The lowest BCUT2D eigenvalue weighted by molar-refractivity contribution is 0.0212. The predicted molar refractivity (Wildman–Crippen MR) is 104 cm³/mol. The average Bonchev–Trinajstić information content (AvgIpc) is 3.41. The van der Waals surface area contributed by atoms with E-state index in [1.54, 1.807) is 4.90 Å². The molecule has 29 heavy (non-hydrogen) atoms. The molecule has 3 fully saturated rings. The molecule has 5 rings (SSSR count). The number of pyridine rings is 1. The molecule has 2 aromatic rings. The summed E-state index contributed by atoms with van der Waals surface area (Å²) in [6.45, 7) is 1.98. The topological polar surface area (TPSA) is 83.8 Å². The average molecular weight is 428 g/mol. The number of morpholine rings is 1. The Morgan fingerprint density at radius 2 is 2.03 bits per heavy atom. The van der Waals surface area contributed by atoms with Crippen LogP contribution in [0.1, 0.15) is 29.2 Å². The number of halogens is 3. The molecule has 2 aliphatic heterocycles. The molecule has 156 valence electrons. The number of carbonyl (C=O) groups is 1. The quantitative estimate of drug-likeness (QED) is 0.778. The second kappa shape index (κ2) is 7.23. The van der Waals surface area contributed by atoms with Crippen LogP contribution in [0.2, 0.25) is 0 Å². The fourth-order valence-electron chi connectivity index (χ4n) is 4.29. The van der Waals surface area contributed by atoms with Crippen molar-refractivity contribution in [1.82, 2.24) is 9.88 Å². The van der Waals surface area contributed by atoms with Crippen LogP contribution in [-0.4, -0.2) is 54.0 Å². The summed E-state index contributed by atoms with van der Waals surface area (Å²) >= 11 is 0. The molecule has 2 unspecified atom stereocenters. The highest BCUT2D eigenvalue weighted by Gasteiger charge is 2.38. The summed E-state index contributed by atoms with van der Waals surface area (Å²) in [7, 11) is 0. The van der Waals surface area contributed by atoms with E-state index in [9.17, 15) is 19.1 Å². The van der Waals surface area contributed by atoms with Crippen molar-refractivity contribution in [3.63, 3.8) is 0 Å². The van der Waals surface area contributed by atoms with Crippen LogP contribution in [0.15, 0.2) is 17.1 Å². The Balaban J connectivity index is 0.00000205. The van der Waals surface area contributed by atoms with Gasteiger partial charge in [-0.2, -0.15) is 0 Å². The van der Waals surface area contributed by atoms with Crippen molar-refractivity contribution in [2.75, 3.05) is 31.1 Å². The highest BCUT2D eigenvalue weighted by Crippen LogP contribution is 2.40. The third kappa shape index (κ3) is 3.17. The first-order chi connectivity index (χ1) is 13.5. The van der Waals surface area contributed by atoms with E-state index in [2.05, 4.69) is 5.32 Å². The number of nitrogens with one attached hydrogen (secondary N) is 1. The lowest BCUT2D eigenvalue weighted by atomic mass is 10.1. The van der Waals surface area contributed by atoms with Gasteiger partial charge in [0, 0.05) is 31.9 Å². The molecule has 0 radical (unpaired) electrons. The van der Waals surface area contributed by atoms with Gasteiger partial charge in [0.05, 0.1) is 29.7 Å². The first-order valence-electron chi connectivity index (χ1n) is 9.35. The molecule has 7 nitrogen and oxygen atoms in total. The van der Waals surface area contributed by atoms with E-state index in [1.807, 2.05) is 0 Å². The zero-order valence-electron chi connectivity index (χ0n) is 15.4. The summed E-state index contributed by atoms with van der Waals surface area (Å²) in [4.78, 5) is 25.6. The maximum absolute atomic E-state index is 15.6. The Morgan fingerprint density at radius 1 is 1.28 bits per heavy atom. The van der Waals surface area contributed by atoms with Crippen LogP contribution < -0.4 is 15.6 Å². The maximum Gasteiger partial charge on any atom is 0.341 e. The van der Waals surface area contributed by atoms with E-state index in [4.69, 9.17) is 4.74 Å². The number of benzene rings is 1. The predicted octanol–water partition coefficient (Wildman–Crippen LogP) is 1.91. The number of fused-ring (bicyclic) bond motifs is 2. The third-order valence-corrected chi connectivity index (χ3v) is 5.78. The van der Waals surface area contributed by atoms with E-state index in [1.165, 1.54) is 10.8 Å². The molecule has 1 aromatic carbocycles. The molecule has 3 heterocycles. The zero-order chi connectivity index (χ0) is 19.6. The van der Waals surface area contributed by atoms with Crippen LogP contribution in [0, 0.1) is 11.6 Å². The maximum atomic E-state index is 15.6. The second-order valence-electron chi connectivity index (χ2n) is 7.61. The molecule has 2 atom stereocenters. The largest absolute Gasteiger partial charge is 0.477 e. The summed E-state index contributed by atoms with van der Waals surface area (Å²) in [6, 6.07) is 0.876. The number of anilines is 1. The fourth-order valence-corrected chi connectivity index (χ4v) is 4.29. The second-order valence-corrected chi connectivity index (χ2v) is 7.61. The molecular formula is C19H20ClF2N3O4. The van der Waals surface area contributed by atoms with Gasteiger partial charge < -0.3 is 24.6 Å². The Bertz CT molecular complexity index is 1040. The number of nitrogens with zero attached hydrogens (tertiary/aromatic N) is 2. The van der Waals surface area contributed by atoms with Gasteiger partial charge in [0.15, 0.2) is 5.82 Å². The van der Waals surface area contributed by atoms with Crippen molar-refractivity contribution < 1.29 is 23.4 Å². The molecule has 1 saturated carbocycles. The van der Waals surface area contributed by atoms with Gasteiger partial charge >= 0.3 is 5.97 Å². The lowest BCUT2D eigenvalue weighted by Gasteiger charge is -2.25. The molecular weight excluding hydrogens is 408 g/mol. The smallest absolute Gasteiger partial charge is 0.341 e. The van der Waals surface area contributed by atoms with Crippen molar-refractivity contribution in [2.45, 2.75) is 31.0 Å². The number of carboxylic acid groups (broad SMARTS) is 1. The van der Waals surface area contributed by atoms with E-state index in [0.29, 0.717) is 26.2 Å². The molecule has 2 saturated heterocycles. The first-order valence-corrected chi connectivity index (χ1v) is 9.35. The number of carboxylic acids is 1. The van der Waals surface area contributed by atoms with Gasteiger partial charge in [0.1, 0.15) is 17.1 Å². The van der Waals surface area contributed by atoms with Crippen LogP contribution in [0.25, 0.3) is 10.9 Å². The van der Waals surface area contributed by atoms with Crippen molar-refractivity contribution in [3.05, 3.63) is 39.7 Å². The summed E-state index contributed by atoms with van der Waals surface area (Å²) in [6.07, 6.45) is 2.55. The number of aromatic nitrogens is 1. The molecule has 3 aliphatic rings. The minimum absolute atomic E-state index is 0. The zero-order valence-corrected chi connectivity index (χ0v) is 16.2. The van der Waals surface area contributed by atoms with E-state index in [0.717, 1.165) is 18.9 Å². The molecule has 0 amide bonds. The Kier molecular flexibility index (Phi) is 5.00. The molecule has 0 spiro atoms. The van der Waals surface area contributed by atoms with Crippen LogP contribution in [0.5, 0.6) is 0 Å². The first kappa shape index (κ1) is 20.1. The number of ether oxygens (including phenoxy) is 1. The Morgan fingerprint density at radius 3 is 2.69 bits per heavy atom. The summed E-state index contributed by atoms with van der Waals surface area (Å²) in [5.74, 6) is -3.10. The van der Waals surface area contributed by atoms with Crippen molar-refractivity contribution >= 4 is 35.0 Å². The normalized spacial score (nSPS) is 23.7. The molecule has 10 heteroatoms. The molecule has 0 bridgehead atoms. The van der Waals surface area contributed by atoms with E-state index >= 15 is 4.39 Å². The summed E-state index contributed by atoms with van der Waals surface area (Å²) in [5, 5.41) is 12.4. The minimum Gasteiger partial charge on any atom is -0.477 e. The number of aromatic carboxylic acids is 1. The van der Waals surface area contributed by atoms with Crippen molar-refractivity contribution in [2.24, 2.45) is 0 Å². The number of hydrogen-bond donors (Lipinski definition) is 2. The number of rotatable bonds is 3. The molecule has 1 aromatic heterocycles. The lowest BCUT2D eigenvalue weighted by Crippen LogP contribution is -2.47. The van der Waals surface area contributed by atoms with Crippen molar-refractivity contribution in [3.8, 4) is 0 Å². The van der Waals surface area contributed by atoms with Gasteiger partial charge in [-0.25, -0.2) is 13.6 Å². The molecule has 1 aliphatic carbocycles. The number of hydrogen-bond acceptors (Lipinski definition) is 5. The van der Waals surface area contributed by atoms with Gasteiger partial charge in [0.25, 0.3) is 0 Å². The third-order valence-electron chi connectivity index (χ3n) is 5.78. The van der Waals surface area contributed by atoms with Gasteiger partial charge in [-0.15, -0.1) is 12.4 Å². The minimum atomic E-state index is -1.40. The van der Waals surface area contributed by atoms with Gasteiger partial charge in [0.2, 0.25) is 5.43 Å². The van der Waals surface area contributed by atoms with Crippen LogP contribution in [0.3, 0.4) is 0 Å². The Hall–Kier alpha value is -2.23. The van der Waals surface area contributed by atoms with Gasteiger partial charge in [-0.3, -0.25) is 4.79 Å². The summed E-state index contributed by atoms with van der Waals surface area (Å²) in [5.41, 5.74) is -1.57. The monoisotopic (exact) mass is 427 g/mol. The Labute approximate surface area is 170 Å². The van der Waals surface area contributed by atoms with Gasteiger partial charge in [-0.05, 0) is 18.9 Å². The fraction of sp³-hybridized carbons (Fsp3) is 0.474.